The molecule has 0 aliphatic rings. The average molecular weight is 437 g/mol. The molecule has 2 aromatic rings. The summed E-state index contributed by atoms with van der Waals surface area (Å²) in [7, 11) is -3.70. The summed E-state index contributed by atoms with van der Waals surface area (Å²) < 4.78 is 26.1. The highest BCUT2D eigenvalue weighted by atomic mass is 35.5. The Labute approximate surface area is 179 Å². The van der Waals surface area contributed by atoms with E-state index < -0.39 is 16.1 Å². The Balaban J connectivity index is 2.33. The van der Waals surface area contributed by atoms with E-state index in [4.69, 9.17) is 11.6 Å². The zero-order chi connectivity index (χ0) is 21.8. The van der Waals surface area contributed by atoms with Crippen LogP contribution in [0.2, 0.25) is 5.02 Å². The lowest BCUT2D eigenvalue weighted by atomic mass is 9.96. The average Bonchev–Trinajstić information content (AvgIpc) is 2.63. The highest BCUT2D eigenvalue weighted by molar-refractivity contribution is 7.92. The van der Waals surface area contributed by atoms with E-state index in [1.165, 1.54) is 0 Å². The second-order valence-electron chi connectivity index (χ2n) is 7.77. The first-order chi connectivity index (χ1) is 13.5. The molecule has 0 aromatic heterocycles. The molecule has 5 nitrogen and oxygen atoms in total. The molecule has 2 aromatic carbocycles. The first kappa shape index (κ1) is 23.2. The van der Waals surface area contributed by atoms with Crippen LogP contribution in [0.3, 0.4) is 0 Å². The predicted molar refractivity (Wildman–Crippen MR) is 120 cm³/mol. The molecule has 0 heterocycles. The van der Waals surface area contributed by atoms with Crippen molar-refractivity contribution >= 4 is 33.2 Å². The molecule has 1 N–H and O–H groups in total. The van der Waals surface area contributed by atoms with Gasteiger partial charge in [-0.3, -0.25) is 9.10 Å². The molecular formula is C22H29ClN2O3S. The number of carbonyl (C=O) groups is 1. The number of rotatable bonds is 8. The molecule has 0 bridgehead atoms. The first-order valence-electron chi connectivity index (χ1n) is 9.61. The molecule has 0 radical (unpaired) electrons. The van der Waals surface area contributed by atoms with Crippen molar-refractivity contribution in [2.75, 3.05) is 10.6 Å². The fourth-order valence-corrected chi connectivity index (χ4v) is 4.60. The molecule has 0 saturated heterocycles. The van der Waals surface area contributed by atoms with Gasteiger partial charge in [-0.1, -0.05) is 61.8 Å². The van der Waals surface area contributed by atoms with E-state index in [1.807, 2.05) is 37.3 Å². The first-order valence-corrected chi connectivity index (χ1v) is 11.8. The van der Waals surface area contributed by atoms with Crippen LogP contribution in [0.25, 0.3) is 0 Å². The van der Waals surface area contributed by atoms with Crippen LogP contribution in [0.15, 0.2) is 48.5 Å². The maximum absolute atomic E-state index is 13.1. The van der Waals surface area contributed by atoms with Crippen LogP contribution in [-0.2, 0) is 14.8 Å². The summed E-state index contributed by atoms with van der Waals surface area (Å²) in [5, 5.41) is 3.48. The minimum atomic E-state index is -3.70. The normalized spacial score (nSPS) is 13.8. The van der Waals surface area contributed by atoms with E-state index in [0.29, 0.717) is 16.6 Å². The maximum atomic E-state index is 13.1. The highest BCUT2D eigenvalue weighted by Gasteiger charge is 2.31. The zero-order valence-electron chi connectivity index (χ0n) is 17.5. The molecule has 0 unspecified atom stereocenters. The van der Waals surface area contributed by atoms with Crippen LogP contribution in [0.4, 0.5) is 5.69 Å². The van der Waals surface area contributed by atoms with Crippen molar-refractivity contribution in [3.05, 3.63) is 64.7 Å². The van der Waals surface area contributed by atoms with Crippen LogP contribution < -0.4 is 9.62 Å². The van der Waals surface area contributed by atoms with Gasteiger partial charge >= 0.3 is 0 Å². The standard InChI is InChI=1S/C22H29ClN2O3S/c1-15(2)13-21(18-9-7-6-8-10-18)24-22(26)17(4)25(29(5,27)28)19-12-11-16(3)20(23)14-19/h6-12,14-15,17,21H,13H2,1-5H3,(H,24,26)/t17-,21-/m0/s1. The Morgan fingerprint density at radius 1 is 1.10 bits per heavy atom. The molecule has 2 atom stereocenters. The van der Waals surface area contributed by atoms with E-state index in [-0.39, 0.29) is 11.9 Å². The Kier molecular flexibility index (Phi) is 7.72. The molecule has 2 rings (SSSR count). The number of nitrogens with zero attached hydrogens (tertiary/aromatic N) is 1. The molecule has 0 fully saturated rings. The van der Waals surface area contributed by atoms with E-state index in [0.717, 1.165) is 28.1 Å². The van der Waals surface area contributed by atoms with Crippen molar-refractivity contribution < 1.29 is 13.2 Å². The zero-order valence-corrected chi connectivity index (χ0v) is 19.1. The fourth-order valence-electron chi connectivity index (χ4n) is 3.26. The van der Waals surface area contributed by atoms with Crippen LogP contribution in [-0.4, -0.2) is 26.6 Å². The quantitative estimate of drug-likeness (QED) is 0.651. The second kappa shape index (κ2) is 9.63. The molecule has 29 heavy (non-hydrogen) atoms. The number of nitrogens with one attached hydrogen (secondary N) is 1. The molecule has 1 amide bonds. The molecule has 158 valence electrons. The van der Waals surface area contributed by atoms with Crippen LogP contribution in [0.1, 0.15) is 44.4 Å². The Morgan fingerprint density at radius 2 is 1.72 bits per heavy atom. The Bertz CT molecular complexity index is 946. The van der Waals surface area contributed by atoms with Crippen LogP contribution in [0, 0.1) is 12.8 Å². The van der Waals surface area contributed by atoms with Crippen molar-refractivity contribution in [1.29, 1.82) is 0 Å². The number of aryl methyl sites for hydroxylation is 1. The van der Waals surface area contributed by atoms with Gasteiger partial charge in [0.1, 0.15) is 6.04 Å². The van der Waals surface area contributed by atoms with Gasteiger partial charge in [0.25, 0.3) is 0 Å². The fraction of sp³-hybridized carbons (Fsp3) is 0.409. The summed E-state index contributed by atoms with van der Waals surface area (Å²) in [6.07, 6.45) is 1.84. The van der Waals surface area contributed by atoms with Crippen molar-refractivity contribution in [2.45, 2.75) is 46.2 Å². The van der Waals surface area contributed by atoms with Gasteiger partial charge < -0.3 is 5.32 Å². The summed E-state index contributed by atoms with van der Waals surface area (Å²) in [5.74, 6) is -0.000598. The predicted octanol–water partition coefficient (Wildman–Crippen LogP) is 4.71. The van der Waals surface area contributed by atoms with Gasteiger partial charge in [-0.25, -0.2) is 8.42 Å². The topological polar surface area (TPSA) is 66.5 Å². The van der Waals surface area contributed by atoms with Gasteiger partial charge in [0.2, 0.25) is 15.9 Å². The summed E-state index contributed by atoms with van der Waals surface area (Å²) in [6.45, 7) is 7.59. The van der Waals surface area contributed by atoms with E-state index >= 15 is 0 Å². The number of hydrogen-bond donors (Lipinski definition) is 1. The van der Waals surface area contributed by atoms with E-state index in [9.17, 15) is 13.2 Å². The SMILES string of the molecule is Cc1ccc(N([C@@H](C)C(=O)N[C@@H](CC(C)C)c2ccccc2)S(C)(=O)=O)cc1Cl. The number of anilines is 1. The van der Waals surface area contributed by atoms with Gasteiger partial charge in [-0.2, -0.15) is 0 Å². The molecule has 0 aliphatic heterocycles. The minimum absolute atomic E-state index is 0.200. The smallest absolute Gasteiger partial charge is 0.244 e. The van der Waals surface area contributed by atoms with Crippen molar-refractivity contribution in [1.82, 2.24) is 5.32 Å². The summed E-state index contributed by atoms with van der Waals surface area (Å²) in [4.78, 5) is 13.1. The van der Waals surface area contributed by atoms with Crippen molar-refractivity contribution in [3.63, 3.8) is 0 Å². The molecule has 7 heteroatoms. The lowest BCUT2D eigenvalue weighted by Gasteiger charge is -2.30. The highest BCUT2D eigenvalue weighted by Crippen LogP contribution is 2.27. The van der Waals surface area contributed by atoms with Crippen LogP contribution >= 0.6 is 11.6 Å². The number of hydrogen-bond acceptors (Lipinski definition) is 3. The number of benzene rings is 2. The number of halogens is 1. The summed E-state index contributed by atoms with van der Waals surface area (Å²) in [5.41, 5.74) is 2.19. The summed E-state index contributed by atoms with van der Waals surface area (Å²) in [6, 6.07) is 13.6. The second-order valence-corrected chi connectivity index (χ2v) is 10.0. The van der Waals surface area contributed by atoms with Gasteiger partial charge in [-0.05, 0) is 49.4 Å². The third-order valence-electron chi connectivity index (χ3n) is 4.72. The summed E-state index contributed by atoms with van der Waals surface area (Å²) >= 11 is 6.19. The van der Waals surface area contributed by atoms with E-state index in [1.54, 1.807) is 25.1 Å². The van der Waals surface area contributed by atoms with Gasteiger partial charge in [-0.15, -0.1) is 0 Å². The maximum Gasteiger partial charge on any atom is 0.244 e. The van der Waals surface area contributed by atoms with Crippen molar-refractivity contribution in [2.24, 2.45) is 5.92 Å². The number of sulfonamides is 1. The largest absolute Gasteiger partial charge is 0.347 e. The monoisotopic (exact) mass is 436 g/mol. The third-order valence-corrected chi connectivity index (χ3v) is 6.37. The van der Waals surface area contributed by atoms with Gasteiger partial charge in [0.05, 0.1) is 18.0 Å². The van der Waals surface area contributed by atoms with Gasteiger partial charge in [0, 0.05) is 5.02 Å². The van der Waals surface area contributed by atoms with Gasteiger partial charge in [0.15, 0.2) is 0 Å². The molecular weight excluding hydrogens is 408 g/mol. The molecule has 0 spiro atoms. The Morgan fingerprint density at radius 3 is 2.24 bits per heavy atom. The lowest BCUT2D eigenvalue weighted by Crippen LogP contribution is -2.48. The lowest BCUT2D eigenvalue weighted by molar-refractivity contribution is -0.122. The van der Waals surface area contributed by atoms with E-state index in [2.05, 4.69) is 19.2 Å². The Hall–Kier alpha value is -2.05. The molecule has 0 aliphatic carbocycles. The molecule has 0 saturated carbocycles. The third kappa shape index (κ3) is 6.21. The number of carbonyl (C=O) groups excluding carboxylic acids is 1. The van der Waals surface area contributed by atoms with Crippen LogP contribution in [0.5, 0.6) is 0 Å². The van der Waals surface area contributed by atoms with Crippen molar-refractivity contribution in [3.8, 4) is 0 Å². The number of amides is 1. The minimum Gasteiger partial charge on any atom is -0.347 e.